The fourth-order valence-corrected chi connectivity index (χ4v) is 5.05. The molecule has 3 heterocycles. The lowest BCUT2D eigenvalue weighted by Crippen LogP contribution is -2.43. The number of benzene rings is 1. The van der Waals surface area contributed by atoms with Crippen LogP contribution >= 0.6 is 0 Å². The van der Waals surface area contributed by atoms with E-state index in [0.717, 1.165) is 17.8 Å². The van der Waals surface area contributed by atoms with Crippen molar-refractivity contribution < 1.29 is 22.0 Å². The minimum absolute atomic E-state index is 0.00740. The van der Waals surface area contributed by atoms with Crippen LogP contribution in [-0.4, -0.2) is 51.7 Å². The van der Waals surface area contributed by atoms with Gasteiger partial charge in [0.15, 0.2) is 0 Å². The molecule has 1 N–H and O–H groups in total. The summed E-state index contributed by atoms with van der Waals surface area (Å²) in [6.07, 6.45) is 1.03. The van der Waals surface area contributed by atoms with Gasteiger partial charge in [-0.05, 0) is 50.1 Å². The third-order valence-electron chi connectivity index (χ3n) is 5.08. The second kappa shape index (κ2) is 8.19. The summed E-state index contributed by atoms with van der Waals surface area (Å²) in [6.45, 7) is 2.12. The fourth-order valence-electron chi connectivity index (χ4n) is 3.53. The number of aryl methyl sites for hydroxylation is 2. The van der Waals surface area contributed by atoms with E-state index in [1.165, 1.54) is 16.4 Å². The summed E-state index contributed by atoms with van der Waals surface area (Å²) in [5.74, 6) is -1.30. The van der Waals surface area contributed by atoms with Crippen molar-refractivity contribution in [1.29, 1.82) is 0 Å². The summed E-state index contributed by atoms with van der Waals surface area (Å²) in [7, 11) is -2.09. The molecule has 0 bridgehead atoms. The monoisotopic (exact) mass is 448 g/mol. The zero-order chi connectivity index (χ0) is 22.2. The number of piperidine rings is 1. The lowest BCUT2D eigenvalue weighted by Gasteiger charge is -2.30. The molecule has 1 fully saturated rings. The van der Waals surface area contributed by atoms with Crippen LogP contribution in [-0.2, 0) is 21.9 Å². The lowest BCUT2D eigenvalue weighted by molar-refractivity contribution is -0.121. The van der Waals surface area contributed by atoms with Gasteiger partial charge in [-0.3, -0.25) is 14.8 Å². The second-order valence-corrected chi connectivity index (χ2v) is 9.29. The first-order chi connectivity index (χ1) is 14.7. The molecule has 3 aromatic rings. The fraction of sp³-hybridized carbons (Fsp3) is 0.368. The predicted octanol–water partition coefficient (Wildman–Crippen LogP) is 1.96. The number of hydrogen-bond donors (Lipinski definition) is 1. The number of amides is 1. The predicted molar refractivity (Wildman–Crippen MR) is 108 cm³/mol. The van der Waals surface area contributed by atoms with Gasteiger partial charge in [-0.15, -0.1) is 5.10 Å². The van der Waals surface area contributed by atoms with Crippen LogP contribution in [0.1, 0.15) is 18.5 Å². The van der Waals surface area contributed by atoms with Crippen LogP contribution in [0.4, 0.5) is 10.4 Å². The molecule has 0 unspecified atom stereocenters. The molecule has 2 aromatic heterocycles. The Morgan fingerprint density at radius 2 is 2.00 bits per heavy atom. The van der Waals surface area contributed by atoms with Crippen molar-refractivity contribution in [3.05, 3.63) is 41.8 Å². The van der Waals surface area contributed by atoms with Crippen molar-refractivity contribution in [1.82, 2.24) is 24.3 Å². The molecule has 1 saturated heterocycles. The minimum Gasteiger partial charge on any atom is -0.401 e. The Morgan fingerprint density at radius 3 is 2.68 bits per heavy atom. The van der Waals surface area contributed by atoms with Crippen LogP contribution in [0.2, 0.25) is 0 Å². The van der Waals surface area contributed by atoms with E-state index in [1.807, 2.05) is 6.92 Å². The topological polar surface area (TPSA) is 123 Å². The summed E-state index contributed by atoms with van der Waals surface area (Å²) < 4.78 is 47.2. The van der Waals surface area contributed by atoms with E-state index < -0.39 is 27.7 Å². The van der Waals surface area contributed by atoms with Crippen molar-refractivity contribution in [3.63, 3.8) is 0 Å². The maximum atomic E-state index is 13.1. The van der Waals surface area contributed by atoms with E-state index in [-0.39, 0.29) is 29.9 Å². The summed E-state index contributed by atoms with van der Waals surface area (Å²) in [5.41, 5.74) is 1.39. The number of sulfonamides is 1. The zero-order valence-electron chi connectivity index (χ0n) is 16.9. The highest BCUT2D eigenvalue weighted by Gasteiger charge is 2.34. The van der Waals surface area contributed by atoms with Gasteiger partial charge in [0.1, 0.15) is 11.5 Å². The Hall–Kier alpha value is -3.12. The molecular weight excluding hydrogens is 427 g/mol. The van der Waals surface area contributed by atoms with Crippen LogP contribution in [0.3, 0.4) is 0 Å². The molecule has 1 atom stereocenters. The number of aromatic nitrogens is 4. The van der Waals surface area contributed by atoms with E-state index in [2.05, 4.69) is 20.6 Å². The number of halogens is 1. The zero-order valence-corrected chi connectivity index (χ0v) is 17.8. The molecule has 1 aliphatic rings. The molecule has 164 valence electrons. The van der Waals surface area contributed by atoms with Gasteiger partial charge in [-0.1, -0.05) is 5.10 Å². The number of nitrogens with one attached hydrogen (secondary N) is 1. The Balaban J connectivity index is 1.45. The molecule has 0 aliphatic carbocycles. The van der Waals surface area contributed by atoms with Crippen LogP contribution in [0, 0.1) is 18.7 Å². The van der Waals surface area contributed by atoms with Gasteiger partial charge >= 0.3 is 6.01 Å². The van der Waals surface area contributed by atoms with Gasteiger partial charge in [0.25, 0.3) is 5.89 Å². The van der Waals surface area contributed by atoms with E-state index >= 15 is 0 Å². The van der Waals surface area contributed by atoms with E-state index in [1.54, 1.807) is 17.8 Å². The van der Waals surface area contributed by atoms with Crippen molar-refractivity contribution in [2.45, 2.75) is 24.7 Å². The Kier molecular flexibility index (Phi) is 5.58. The lowest BCUT2D eigenvalue weighted by atomic mass is 9.99. The van der Waals surface area contributed by atoms with E-state index in [4.69, 9.17) is 4.42 Å². The summed E-state index contributed by atoms with van der Waals surface area (Å²) in [6, 6.07) is 6.33. The largest absolute Gasteiger partial charge is 0.401 e. The van der Waals surface area contributed by atoms with Gasteiger partial charge in [0.2, 0.25) is 15.9 Å². The number of anilines is 1. The average molecular weight is 448 g/mol. The number of rotatable bonds is 5. The highest BCUT2D eigenvalue weighted by Crippen LogP contribution is 2.26. The Bertz CT molecular complexity index is 1200. The molecule has 0 spiro atoms. The highest BCUT2D eigenvalue weighted by molar-refractivity contribution is 7.89. The molecule has 0 saturated carbocycles. The van der Waals surface area contributed by atoms with Gasteiger partial charge in [-0.2, -0.15) is 9.40 Å². The molecule has 31 heavy (non-hydrogen) atoms. The quantitative estimate of drug-likeness (QED) is 0.633. The summed E-state index contributed by atoms with van der Waals surface area (Å²) in [5, 5.41) is 14.6. The molecule has 0 radical (unpaired) electrons. The van der Waals surface area contributed by atoms with Crippen LogP contribution < -0.4 is 5.32 Å². The molecule has 12 heteroatoms. The van der Waals surface area contributed by atoms with Crippen LogP contribution in [0.5, 0.6) is 0 Å². The van der Waals surface area contributed by atoms with Crippen molar-refractivity contribution in [2.24, 2.45) is 13.0 Å². The highest BCUT2D eigenvalue weighted by atomic mass is 32.2. The minimum atomic E-state index is -3.83. The summed E-state index contributed by atoms with van der Waals surface area (Å²) in [4.78, 5) is 12.7. The van der Waals surface area contributed by atoms with E-state index in [9.17, 15) is 17.6 Å². The van der Waals surface area contributed by atoms with Gasteiger partial charge in [0.05, 0.1) is 16.5 Å². The van der Waals surface area contributed by atoms with Crippen molar-refractivity contribution in [3.8, 4) is 11.6 Å². The van der Waals surface area contributed by atoms with Gasteiger partial charge in [-0.25, -0.2) is 12.8 Å². The smallest absolute Gasteiger partial charge is 0.322 e. The standard InChI is InChI=1S/C19H21FN6O4S/c1-12-10-16(25(2)24-12)18-22-23-19(30-18)21-17(27)13-4-3-9-26(11-13)31(28,29)15-7-5-14(20)6-8-15/h5-8,10,13H,3-4,9,11H2,1-2H3,(H,21,23,27)/t13-/m1/s1. The van der Waals surface area contributed by atoms with Crippen LogP contribution in [0.15, 0.2) is 39.6 Å². The van der Waals surface area contributed by atoms with Crippen molar-refractivity contribution in [2.75, 3.05) is 18.4 Å². The molecule has 4 rings (SSSR count). The van der Waals surface area contributed by atoms with Crippen LogP contribution in [0.25, 0.3) is 11.6 Å². The third kappa shape index (κ3) is 4.35. The average Bonchev–Trinajstić information content (AvgIpc) is 3.33. The maximum Gasteiger partial charge on any atom is 0.322 e. The molecule has 1 aromatic carbocycles. The van der Waals surface area contributed by atoms with Gasteiger partial charge < -0.3 is 4.42 Å². The normalized spacial score (nSPS) is 17.6. The molecule has 10 nitrogen and oxygen atoms in total. The SMILES string of the molecule is Cc1cc(-c2nnc(NC(=O)[C@@H]3CCCN(S(=O)(=O)c4ccc(F)cc4)C3)o2)n(C)n1. The number of carbonyl (C=O) groups excluding carboxylic acids is 1. The first-order valence-electron chi connectivity index (χ1n) is 9.65. The first-order valence-corrected chi connectivity index (χ1v) is 11.1. The number of nitrogens with zero attached hydrogens (tertiary/aromatic N) is 5. The Labute approximate surface area is 178 Å². The molecule has 1 aliphatic heterocycles. The number of carbonyl (C=O) groups is 1. The third-order valence-corrected chi connectivity index (χ3v) is 6.96. The first kappa shape index (κ1) is 21.1. The van der Waals surface area contributed by atoms with Gasteiger partial charge in [0, 0.05) is 20.1 Å². The van der Waals surface area contributed by atoms with Crippen molar-refractivity contribution >= 4 is 21.9 Å². The molecular formula is C19H21FN6O4S. The maximum absolute atomic E-state index is 13.1. The summed E-state index contributed by atoms with van der Waals surface area (Å²) >= 11 is 0. The van der Waals surface area contributed by atoms with E-state index in [0.29, 0.717) is 18.5 Å². The second-order valence-electron chi connectivity index (χ2n) is 7.35. The number of hydrogen-bond acceptors (Lipinski definition) is 7. The molecule has 1 amide bonds. The Morgan fingerprint density at radius 1 is 1.26 bits per heavy atom.